The molecule has 1 fully saturated rings. The van der Waals surface area contributed by atoms with Crippen molar-refractivity contribution in [2.45, 2.75) is 84.2 Å². The highest BCUT2D eigenvalue weighted by Crippen LogP contribution is 2.43. The molecule has 0 aromatic heterocycles. The Morgan fingerprint density at radius 1 is 1.11 bits per heavy atom. The Hall–Kier alpha value is -1.84. The lowest BCUT2D eigenvalue weighted by Gasteiger charge is -2.49. The van der Waals surface area contributed by atoms with E-state index in [-0.39, 0.29) is 17.5 Å². The first-order chi connectivity index (χ1) is 13.6. The fraction of sp³-hybridized carbons (Fsp3) is 0.667. The van der Waals surface area contributed by atoms with Crippen LogP contribution in [-0.4, -0.2) is 53.8 Å². The van der Waals surface area contributed by atoms with Crippen LogP contribution in [0.1, 0.15) is 77.3 Å². The second-order valence-electron chi connectivity index (χ2n) is 7.80. The van der Waals surface area contributed by atoms with Crippen molar-refractivity contribution in [3.8, 4) is 0 Å². The maximum absolute atomic E-state index is 12.4. The van der Waals surface area contributed by atoms with Gasteiger partial charge < -0.3 is 9.80 Å². The van der Waals surface area contributed by atoms with Gasteiger partial charge in [0.15, 0.2) is 0 Å². The molecule has 4 heteroatoms. The molecule has 0 N–H and O–H groups in total. The maximum atomic E-state index is 12.4. The highest BCUT2D eigenvalue weighted by atomic mass is 16.2. The molecule has 1 amide bonds. The molecule has 1 spiro atoms. The number of fused-ring (bicyclic) bond motifs is 4. The average molecular weight is 386 g/mol. The molecule has 4 nitrogen and oxygen atoms in total. The van der Waals surface area contributed by atoms with Crippen molar-refractivity contribution < 1.29 is 4.79 Å². The van der Waals surface area contributed by atoms with Gasteiger partial charge in [0, 0.05) is 32.1 Å². The molecule has 0 bridgehead atoms. The van der Waals surface area contributed by atoms with Crippen molar-refractivity contribution in [1.82, 2.24) is 9.80 Å². The van der Waals surface area contributed by atoms with Crippen LogP contribution in [0.3, 0.4) is 0 Å². The lowest BCUT2D eigenvalue weighted by molar-refractivity contribution is -0.130. The van der Waals surface area contributed by atoms with Crippen LogP contribution < -0.4 is 0 Å². The number of carbonyl (C=O) groups excluding carboxylic acids is 1. The zero-order chi connectivity index (χ0) is 20.7. The van der Waals surface area contributed by atoms with E-state index in [2.05, 4.69) is 29.2 Å². The van der Waals surface area contributed by atoms with E-state index in [1.54, 1.807) is 4.90 Å². The summed E-state index contributed by atoms with van der Waals surface area (Å²) in [5, 5.41) is 0. The predicted molar refractivity (Wildman–Crippen MR) is 119 cm³/mol. The third-order valence-corrected chi connectivity index (χ3v) is 6.03. The lowest BCUT2D eigenvalue weighted by Crippen LogP contribution is -2.58. The Morgan fingerprint density at radius 3 is 2.39 bits per heavy atom. The van der Waals surface area contributed by atoms with Crippen LogP contribution in [0.25, 0.3) is 0 Å². The molecule has 1 aromatic rings. The highest BCUT2D eigenvalue weighted by Gasteiger charge is 2.49. The standard InChI is InChI=1S/C20H27N3O.2C2H6/c1-22(2)18(24)13-16-12-15-8-4-5-9-17(15)19-21-14-20(23(16)19)10-6-3-7-11-20;2*1-2/h4-5,8-9,16H,3,6-7,10-14H2,1-2H3;2*1-2H3. The summed E-state index contributed by atoms with van der Waals surface area (Å²) in [6.07, 6.45) is 7.88. The van der Waals surface area contributed by atoms with Crippen LogP contribution >= 0.6 is 0 Å². The Morgan fingerprint density at radius 2 is 1.75 bits per heavy atom. The lowest BCUT2D eigenvalue weighted by atomic mass is 9.78. The molecule has 3 aliphatic rings. The van der Waals surface area contributed by atoms with Gasteiger partial charge in [-0.05, 0) is 24.8 Å². The Balaban J connectivity index is 0.000000660. The first-order valence-corrected chi connectivity index (χ1v) is 11.2. The third kappa shape index (κ3) is 4.26. The van der Waals surface area contributed by atoms with Gasteiger partial charge >= 0.3 is 0 Å². The molecule has 1 unspecified atom stereocenters. The van der Waals surface area contributed by atoms with E-state index in [4.69, 9.17) is 4.99 Å². The fourth-order valence-corrected chi connectivity index (χ4v) is 4.79. The fourth-order valence-electron chi connectivity index (χ4n) is 4.79. The van der Waals surface area contributed by atoms with E-state index in [0.29, 0.717) is 6.42 Å². The van der Waals surface area contributed by atoms with Gasteiger partial charge in [-0.2, -0.15) is 0 Å². The quantitative estimate of drug-likeness (QED) is 0.725. The molecule has 0 radical (unpaired) electrons. The maximum Gasteiger partial charge on any atom is 0.224 e. The molecular weight excluding hydrogens is 346 g/mol. The van der Waals surface area contributed by atoms with Gasteiger partial charge in [-0.25, -0.2) is 0 Å². The van der Waals surface area contributed by atoms with Crippen LogP contribution in [0, 0.1) is 0 Å². The predicted octanol–water partition coefficient (Wildman–Crippen LogP) is 4.91. The zero-order valence-electron chi connectivity index (χ0n) is 18.8. The Bertz CT molecular complexity index is 674. The van der Waals surface area contributed by atoms with Crippen LogP contribution in [0.5, 0.6) is 0 Å². The first kappa shape index (κ1) is 22.4. The number of hydrogen-bond acceptors (Lipinski definition) is 3. The smallest absolute Gasteiger partial charge is 0.224 e. The number of rotatable bonds is 2. The number of carbonyl (C=O) groups is 1. The van der Waals surface area contributed by atoms with E-state index in [0.717, 1.165) is 18.8 Å². The summed E-state index contributed by atoms with van der Waals surface area (Å²) >= 11 is 0. The minimum Gasteiger partial charge on any atom is -0.349 e. The summed E-state index contributed by atoms with van der Waals surface area (Å²) < 4.78 is 0. The molecule has 156 valence electrons. The minimum absolute atomic E-state index is 0.165. The highest BCUT2D eigenvalue weighted by molar-refractivity contribution is 6.03. The van der Waals surface area contributed by atoms with E-state index < -0.39 is 0 Å². The van der Waals surface area contributed by atoms with Gasteiger partial charge in [0.1, 0.15) is 5.84 Å². The summed E-state index contributed by atoms with van der Waals surface area (Å²) in [6, 6.07) is 8.86. The molecule has 1 saturated carbocycles. The van der Waals surface area contributed by atoms with E-state index in [1.807, 2.05) is 41.8 Å². The van der Waals surface area contributed by atoms with E-state index in [9.17, 15) is 4.79 Å². The van der Waals surface area contributed by atoms with Crippen molar-refractivity contribution in [1.29, 1.82) is 0 Å². The van der Waals surface area contributed by atoms with Crippen molar-refractivity contribution in [3.63, 3.8) is 0 Å². The molecule has 28 heavy (non-hydrogen) atoms. The summed E-state index contributed by atoms with van der Waals surface area (Å²) in [4.78, 5) is 21.7. The molecule has 0 saturated heterocycles. The largest absolute Gasteiger partial charge is 0.349 e. The molecule has 1 aliphatic carbocycles. The summed E-state index contributed by atoms with van der Waals surface area (Å²) in [7, 11) is 3.71. The Kier molecular flexibility index (Phi) is 8.09. The van der Waals surface area contributed by atoms with Crippen molar-refractivity contribution in [2.24, 2.45) is 4.99 Å². The van der Waals surface area contributed by atoms with E-state index in [1.165, 1.54) is 43.2 Å². The molecular formula is C24H39N3O. The second-order valence-corrected chi connectivity index (χ2v) is 7.80. The van der Waals surface area contributed by atoms with Gasteiger partial charge in [0.05, 0.1) is 12.1 Å². The van der Waals surface area contributed by atoms with Gasteiger partial charge in [0.25, 0.3) is 0 Å². The molecule has 2 heterocycles. The summed E-state index contributed by atoms with van der Waals surface area (Å²) in [5.41, 5.74) is 2.80. The van der Waals surface area contributed by atoms with E-state index >= 15 is 0 Å². The van der Waals surface area contributed by atoms with Crippen molar-refractivity contribution in [2.75, 3.05) is 20.6 Å². The SMILES string of the molecule is CC.CC.CN(C)C(=O)CC1Cc2ccccc2C2=NCC3(CCCCC3)N21. The van der Waals surface area contributed by atoms with Crippen molar-refractivity contribution in [3.05, 3.63) is 35.4 Å². The van der Waals surface area contributed by atoms with Crippen molar-refractivity contribution >= 4 is 11.7 Å². The number of amides is 1. The monoisotopic (exact) mass is 385 g/mol. The third-order valence-electron chi connectivity index (χ3n) is 6.03. The molecule has 1 aromatic carbocycles. The van der Waals surface area contributed by atoms with Gasteiger partial charge in [0.2, 0.25) is 5.91 Å². The first-order valence-electron chi connectivity index (χ1n) is 11.2. The van der Waals surface area contributed by atoms with Crippen LogP contribution in [-0.2, 0) is 11.2 Å². The van der Waals surface area contributed by atoms with Crippen LogP contribution in [0.15, 0.2) is 29.3 Å². The summed E-state index contributed by atoms with van der Waals surface area (Å²) in [5.74, 6) is 1.37. The van der Waals surface area contributed by atoms with Crippen LogP contribution in [0.4, 0.5) is 0 Å². The molecule has 2 aliphatic heterocycles. The topological polar surface area (TPSA) is 35.9 Å². The van der Waals surface area contributed by atoms with Crippen LogP contribution in [0.2, 0.25) is 0 Å². The summed E-state index contributed by atoms with van der Waals surface area (Å²) in [6.45, 7) is 8.91. The van der Waals surface area contributed by atoms with Gasteiger partial charge in [-0.1, -0.05) is 71.2 Å². The van der Waals surface area contributed by atoms with Gasteiger partial charge in [-0.15, -0.1) is 0 Å². The average Bonchev–Trinajstić information content (AvgIpc) is 3.10. The number of aliphatic imine (C=N–C) groups is 1. The zero-order valence-corrected chi connectivity index (χ0v) is 18.8. The van der Waals surface area contributed by atoms with Gasteiger partial charge in [-0.3, -0.25) is 9.79 Å². The normalized spacial score (nSPS) is 21.3. The molecule has 1 atom stereocenters. The number of amidine groups is 1. The number of hydrogen-bond donors (Lipinski definition) is 0. The number of benzene rings is 1. The second kappa shape index (κ2) is 10.1. The number of nitrogens with zero attached hydrogens (tertiary/aromatic N) is 3. The molecule has 4 rings (SSSR count). The minimum atomic E-state index is 0.165. The Labute approximate surface area is 172 Å².